The average molecular weight is 364 g/mol. The predicted octanol–water partition coefficient (Wildman–Crippen LogP) is 5.25. The summed E-state index contributed by atoms with van der Waals surface area (Å²) in [4.78, 5) is 24.2. The summed E-state index contributed by atoms with van der Waals surface area (Å²) in [6.45, 7) is 1.89. The molecule has 0 saturated carbocycles. The number of aryl methyl sites for hydroxylation is 1. The van der Waals surface area contributed by atoms with Gasteiger partial charge >= 0.3 is 0 Å². The van der Waals surface area contributed by atoms with Crippen molar-refractivity contribution in [1.29, 1.82) is 0 Å². The van der Waals surface area contributed by atoms with E-state index >= 15 is 0 Å². The summed E-state index contributed by atoms with van der Waals surface area (Å²) in [5.41, 5.74) is 4.79. The lowest BCUT2D eigenvalue weighted by Crippen LogP contribution is -2.03. The van der Waals surface area contributed by atoms with E-state index in [1.165, 1.54) is 6.07 Å². The number of hydrogen-bond acceptors (Lipinski definition) is 3. The van der Waals surface area contributed by atoms with Crippen molar-refractivity contribution >= 4 is 22.6 Å². The molecule has 1 N–H and O–H groups in total. The molecule has 0 aliphatic carbocycles. The van der Waals surface area contributed by atoms with Crippen molar-refractivity contribution in [2.75, 3.05) is 0 Å². The summed E-state index contributed by atoms with van der Waals surface area (Å²) in [7, 11) is 0. The Hall–Kier alpha value is -2.98. The number of halogens is 1. The van der Waals surface area contributed by atoms with Crippen LogP contribution in [-0.4, -0.2) is 15.0 Å². The van der Waals surface area contributed by atoms with Crippen molar-refractivity contribution in [1.82, 2.24) is 15.0 Å². The monoisotopic (exact) mass is 363 g/mol. The van der Waals surface area contributed by atoms with Crippen LogP contribution in [0.5, 0.6) is 0 Å². The molecule has 130 valence electrons. The van der Waals surface area contributed by atoms with Crippen LogP contribution in [0.15, 0.2) is 65.6 Å². The second kappa shape index (κ2) is 7.10. The molecule has 0 saturated heterocycles. The Balaban J connectivity index is 0.00000196. The van der Waals surface area contributed by atoms with E-state index in [0.29, 0.717) is 16.2 Å². The Labute approximate surface area is 156 Å². The Bertz CT molecular complexity index is 1120. The SMILES string of the molecule is C.Cc1cc(-c2cc3c(=O)cc[nH]c3nc2-c2ccccc2)cc(Cl)n1. The largest absolute Gasteiger partial charge is 0.346 e. The van der Waals surface area contributed by atoms with Gasteiger partial charge in [-0.3, -0.25) is 4.79 Å². The number of aromatic amines is 1. The van der Waals surface area contributed by atoms with Gasteiger partial charge in [-0.2, -0.15) is 0 Å². The normalized spacial score (nSPS) is 10.5. The number of benzene rings is 1. The molecule has 0 aliphatic heterocycles. The number of H-pyrrole nitrogens is 1. The number of pyridine rings is 3. The van der Waals surface area contributed by atoms with Crippen molar-refractivity contribution in [3.8, 4) is 22.4 Å². The zero-order valence-corrected chi connectivity index (χ0v) is 14.2. The van der Waals surface area contributed by atoms with E-state index in [1.807, 2.05) is 49.4 Å². The molecule has 0 radical (unpaired) electrons. The molecule has 4 aromatic rings. The molecule has 26 heavy (non-hydrogen) atoms. The molecule has 0 spiro atoms. The maximum Gasteiger partial charge on any atom is 0.191 e. The lowest BCUT2D eigenvalue weighted by Gasteiger charge is -2.12. The van der Waals surface area contributed by atoms with Gasteiger partial charge in [0.25, 0.3) is 0 Å². The second-order valence-electron chi connectivity index (χ2n) is 5.81. The Morgan fingerprint density at radius 3 is 2.46 bits per heavy atom. The van der Waals surface area contributed by atoms with Gasteiger partial charge in [0.2, 0.25) is 0 Å². The molecule has 0 fully saturated rings. The summed E-state index contributed by atoms with van der Waals surface area (Å²) in [6.07, 6.45) is 1.61. The standard InChI is InChI=1S/C20H14ClN3O.CH4/c1-12-9-14(10-18(21)23-12)15-11-16-17(25)7-8-22-20(16)24-19(15)13-5-3-2-4-6-13;/h2-11H,1H3,(H,22,24,25);1H4. The van der Waals surface area contributed by atoms with E-state index in [4.69, 9.17) is 16.6 Å². The van der Waals surface area contributed by atoms with Gasteiger partial charge in [0, 0.05) is 29.1 Å². The molecule has 3 heterocycles. The van der Waals surface area contributed by atoms with Crippen LogP contribution < -0.4 is 5.43 Å². The van der Waals surface area contributed by atoms with Gasteiger partial charge in [0.1, 0.15) is 10.8 Å². The van der Waals surface area contributed by atoms with Crippen molar-refractivity contribution in [2.24, 2.45) is 0 Å². The number of fused-ring (bicyclic) bond motifs is 1. The first-order valence-electron chi connectivity index (χ1n) is 7.84. The van der Waals surface area contributed by atoms with Crippen LogP contribution in [0.1, 0.15) is 13.1 Å². The van der Waals surface area contributed by atoms with Gasteiger partial charge in [-0.05, 0) is 30.7 Å². The number of rotatable bonds is 2. The second-order valence-corrected chi connectivity index (χ2v) is 6.20. The number of aromatic nitrogens is 3. The lowest BCUT2D eigenvalue weighted by molar-refractivity contribution is 1.20. The Morgan fingerprint density at radius 2 is 1.73 bits per heavy atom. The third-order valence-corrected chi connectivity index (χ3v) is 4.22. The molecule has 0 unspecified atom stereocenters. The third-order valence-electron chi connectivity index (χ3n) is 4.02. The molecule has 4 nitrogen and oxygen atoms in total. The van der Waals surface area contributed by atoms with Crippen LogP contribution in [0.25, 0.3) is 33.4 Å². The molecule has 3 aromatic heterocycles. The fraction of sp³-hybridized carbons (Fsp3) is 0.0952. The topological polar surface area (TPSA) is 58.6 Å². The zero-order chi connectivity index (χ0) is 17.4. The van der Waals surface area contributed by atoms with Gasteiger partial charge in [-0.25, -0.2) is 9.97 Å². The highest BCUT2D eigenvalue weighted by Gasteiger charge is 2.14. The lowest BCUT2D eigenvalue weighted by atomic mass is 9.98. The van der Waals surface area contributed by atoms with Crippen LogP contribution in [-0.2, 0) is 0 Å². The molecule has 0 atom stereocenters. The maximum atomic E-state index is 12.2. The van der Waals surface area contributed by atoms with Crippen LogP contribution in [0, 0.1) is 6.92 Å². The minimum Gasteiger partial charge on any atom is -0.346 e. The fourth-order valence-electron chi connectivity index (χ4n) is 2.92. The summed E-state index contributed by atoms with van der Waals surface area (Å²) in [6, 6.07) is 17.0. The fourth-order valence-corrected chi connectivity index (χ4v) is 3.17. The molecular weight excluding hydrogens is 346 g/mol. The first-order chi connectivity index (χ1) is 12.1. The minimum atomic E-state index is -0.0704. The number of nitrogens with zero attached hydrogens (tertiary/aromatic N) is 2. The van der Waals surface area contributed by atoms with Crippen molar-refractivity contribution in [3.63, 3.8) is 0 Å². The van der Waals surface area contributed by atoms with Crippen LogP contribution in [0.4, 0.5) is 0 Å². The molecule has 0 bridgehead atoms. The van der Waals surface area contributed by atoms with Crippen molar-refractivity contribution in [2.45, 2.75) is 14.4 Å². The quantitative estimate of drug-likeness (QED) is 0.495. The Kier molecular flexibility index (Phi) is 4.87. The van der Waals surface area contributed by atoms with Gasteiger partial charge in [0.15, 0.2) is 5.43 Å². The molecule has 0 amide bonds. The smallest absolute Gasteiger partial charge is 0.191 e. The van der Waals surface area contributed by atoms with E-state index in [0.717, 1.165) is 28.1 Å². The van der Waals surface area contributed by atoms with Gasteiger partial charge in [-0.1, -0.05) is 49.4 Å². The van der Waals surface area contributed by atoms with E-state index in [9.17, 15) is 4.79 Å². The first kappa shape index (κ1) is 17.8. The summed E-state index contributed by atoms with van der Waals surface area (Å²) >= 11 is 6.15. The number of nitrogens with one attached hydrogen (secondary N) is 1. The molecule has 5 heteroatoms. The predicted molar refractivity (Wildman–Crippen MR) is 108 cm³/mol. The number of hydrogen-bond donors (Lipinski definition) is 1. The van der Waals surface area contributed by atoms with E-state index < -0.39 is 0 Å². The van der Waals surface area contributed by atoms with Gasteiger partial charge in [0.05, 0.1) is 11.1 Å². The summed E-state index contributed by atoms with van der Waals surface area (Å²) in [5.74, 6) is 0. The minimum absolute atomic E-state index is 0. The Morgan fingerprint density at radius 1 is 0.962 bits per heavy atom. The van der Waals surface area contributed by atoms with E-state index in [-0.39, 0.29) is 12.9 Å². The van der Waals surface area contributed by atoms with Gasteiger partial charge < -0.3 is 4.98 Å². The van der Waals surface area contributed by atoms with Crippen molar-refractivity contribution < 1.29 is 0 Å². The first-order valence-corrected chi connectivity index (χ1v) is 8.22. The van der Waals surface area contributed by atoms with Crippen LogP contribution >= 0.6 is 11.6 Å². The molecule has 4 rings (SSSR count). The van der Waals surface area contributed by atoms with Crippen molar-refractivity contribution in [3.05, 3.63) is 81.9 Å². The zero-order valence-electron chi connectivity index (χ0n) is 13.5. The van der Waals surface area contributed by atoms with E-state index in [2.05, 4.69) is 9.97 Å². The maximum absolute atomic E-state index is 12.2. The van der Waals surface area contributed by atoms with E-state index in [1.54, 1.807) is 12.3 Å². The highest BCUT2D eigenvalue weighted by molar-refractivity contribution is 6.29. The molecular formula is C21H18ClN3O. The van der Waals surface area contributed by atoms with Crippen LogP contribution in [0.2, 0.25) is 5.15 Å². The summed E-state index contributed by atoms with van der Waals surface area (Å²) < 4.78 is 0. The van der Waals surface area contributed by atoms with Crippen LogP contribution in [0.3, 0.4) is 0 Å². The third kappa shape index (κ3) is 3.24. The average Bonchev–Trinajstić information content (AvgIpc) is 2.61. The highest BCUT2D eigenvalue weighted by atomic mass is 35.5. The molecule has 1 aromatic carbocycles. The highest BCUT2D eigenvalue weighted by Crippen LogP contribution is 2.33. The summed E-state index contributed by atoms with van der Waals surface area (Å²) in [5, 5.41) is 0.957. The van der Waals surface area contributed by atoms with Gasteiger partial charge in [-0.15, -0.1) is 0 Å². The molecule has 0 aliphatic rings.